The molecule has 0 bridgehead atoms. The molecule has 2 aromatic heterocycles. The Kier molecular flexibility index (Phi) is 5.82. The molecule has 1 aromatic carbocycles. The fourth-order valence-electron chi connectivity index (χ4n) is 3.85. The first-order chi connectivity index (χ1) is 13.1. The average molecular weight is 399 g/mol. The third-order valence-corrected chi connectivity index (χ3v) is 5.34. The van der Waals surface area contributed by atoms with Crippen LogP contribution in [-0.4, -0.2) is 39.8 Å². The molecule has 2 atom stereocenters. The third-order valence-electron chi connectivity index (χ3n) is 5.34. The van der Waals surface area contributed by atoms with Crippen molar-refractivity contribution in [1.29, 1.82) is 0 Å². The number of pyridine rings is 1. The highest BCUT2D eigenvalue weighted by molar-refractivity contribution is 5.94. The van der Waals surface area contributed by atoms with Gasteiger partial charge in [-0.25, -0.2) is 4.98 Å². The van der Waals surface area contributed by atoms with Crippen LogP contribution in [0.1, 0.15) is 27.4 Å². The maximum absolute atomic E-state index is 13.1. The van der Waals surface area contributed by atoms with Crippen molar-refractivity contribution in [3.63, 3.8) is 0 Å². The van der Waals surface area contributed by atoms with E-state index in [2.05, 4.69) is 17.1 Å². The highest BCUT2D eigenvalue weighted by Crippen LogP contribution is 2.32. The minimum atomic E-state index is -0.332. The number of fused-ring (bicyclic) bond motifs is 1. The fourth-order valence-corrected chi connectivity index (χ4v) is 3.85. The summed E-state index contributed by atoms with van der Waals surface area (Å²) in [5, 5.41) is 0. The molecule has 0 spiro atoms. The first kappa shape index (κ1) is 20.0. The molecular weight excluding hydrogens is 376 g/mol. The second-order valence-electron chi connectivity index (χ2n) is 7.13. The van der Waals surface area contributed by atoms with Gasteiger partial charge in [-0.1, -0.05) is 36.4 Å². The van der Waals surface area contributed by atoms with Gasteiger partial charge in [-0.3, -0.25) is 14.0 Å². The summed E-state index contributed by atoms with van der Waals surface area (Å²) in [5.74, 6) is 0.0774. The van der Waals surface area contributed by atoms with Gasteiger partial charge in [-0.15, -0.1) is 12.4 Å². The van der Waals surface area contributed by atoms with E-state index < -0.39 is 0 Å². The number of benzene rings is 1. The molecule has 28 heavy (non-hydrogen) atoms. The van der Waals surface area contributed by atoms with Gasteiger partial charge in [0.2, 0.25) is 0 Å². The number of nitrogens with two attached hydrogens (primary N) is 1. The van der Waals surface area contributed by atoms with E-state index >= 15 is 0 Å². The molecule has 146 valence electrons. The maximum atomic E-state index is 13.1. The molecule has 6 nitrogen and oxygen atoms in total. The van der Waals surface area contributed by atoms with Crippen molar-refractivity contribution in [2.24, 2.45) is 11.7 Å². The van der Waals surface area contributed by atoms with E-state index in [0.29, 0.717) is 25.3 Å². The summed E-state index contributed by atoms with van der Waals surface area (Å²) in [7, 11) is 0. The van der Waals surface area contributed by atoms with Gasteiger partial charge in [-0.05, 0) is 36.6 Å². The van der Waals surface area contributed by atoms with Gasteiger partial charge in [0.1, 0.15) is 11.2 Å². The quantitative estimate of drug-likeness (QED) is 0.733. The van der Waals surface area contributed by atoms with Gasteiger partial charge in [0, 0.05) is 31.4 Å². The summed E-state index contributed by atoms with van der Waals surface area (Å²) in [6.45, 7) is 3.50. The van der Waals surface area contributed by atoms with Crippen molar-refractivity contribution in [2.45, 2.75) is 12.8 Å². The van der Waals surface area contributed by atoms with Gasteiger partial charge >= 0.3 is 0 Å². The van der Waals surface area contributed by atoms with Crippen LogP contribution >= 0.6 is 12.4 Å². The maximum Gasteiger partial charge on any atom is 0.270 e. The largest absolute Gasteiger partial charge is 0.337 e. The number of rotatable bonds is 3. The first-order valence-electron chi connectivity index (χ1n) is 9.11. The third kappa shape index (κ3) is 3.53. The number of hydrogen-bond acceptors (Lipinski definition) is 4. The standard InChI is InChI=1S/C21H22N4O2.ClH/c1-14-7-8-19-23-10-17(21(27)25(19)11-14)20(26)24-12-16(9-22)18(13-24)15-5-3-2-4-6-15;/h2-8,10-11,16,18H,9,12-13,22H2,1H3;1H/t16-,18+;/m1./s1. The van der Waals surface area contributed by atoms with Gasteiger partial charge in [0.15, 0.2) is 0 Å². The normalized spacial score (nSPS) is 18.9. The van der Waals surface area contributed by atoms with Crippen LogP contribution in [0, 0.1) is 12.8 Å². The predicted octanol–water partition coefficient (Wildman–Crippen LogP) is 2.24. The van der Waals surface area contributed by atoms with Crippen LogP contribution in [0.15, 0.2) is 59.7 Å². The summed E-state index contributed by atoms with van der Waals surface area (Å²) >= 11 is 0. The highest BCUT2D eigenvalue weighted by atomic mass is 35.5. The zero-order valence-corrected chi connectivity index (χ0v) is 16.4. The Balaban J connectivity index is 0.00000225. The molecule has 1 amide bonds. The molecule has 1 aliphatic rings. The summed E-state index contributed by atoms with van der Waals surface area (Å²) < 4.78 is 1.44. The van der Waals surface area contributed by atoms with E-state index in [9.17, 15) is 9.59 Å². The molecule has 1 saturated heterocycles. The van der Waals surface area contributed by atoms with Crippen LogP contribution in [0.5, 0.6) is 0 Å². The summed E-state index contributed by atoms with van der Waals surface area (Å²) in [6.07, 6.45) is 3.10. The van der Waals surface area contributed by atoms with E-state index in [1.54, 1.807) is 17.2 Å². The lowest BCUT2D eigenvalue weighted by Crippen LogP contribution is -2.35. The van der Waals surface area contributed by atoms with Gasteiger partial charge in [-0.2, -0.15) is 0 Å². The Bertz CT molecular complexity index is 1050. The molecule has 0 unspecified atom stereocenters. The second kappa shape index (κ2) is 8.12. The number of hydrogen-bond donors (Lipinski definition) is 1. The Morgan fingerprint density at radius 3 is 2.64 bits per heavy atom. The summed E-state index contributed by atoms with van der Waals surface area (Å²) in [5.41, 5.74) is 8.38. The van der Waals surface area contributed by atoms with Crippen molar-refractivity contribution in [2.75, 3.05) is 19.6 Å². The summed E-state index contributed by atoms with van der Waals surface area (Å²) in [4.78, 5) is 31.9. The zero-order valence-electron chi connectivity index (χ0n) is 15.6. The second-order valence-corrected chi connectivity index (χ2v) is 7.13. The Morgan fingerprint density at radius 1 is 1.18 bits per heavy atom. The van der Waals surface area contributed by atoms with Crippen LogP contribution in [0.2, 0.25) is 0 Å². The lowest BCUT2D eigenvalue weighted by molar-refractivity contribution is 0.0784. The van der Waals surface area contributed by atoms with Crippen molar-refractivity contribution in [3.05, 3.63) is 81.9 Å². The van der Waals surface area contributed by atoms with E-state index in [4.69, 9.17) is 5.73 Å². The number of likely N-dealkylation sites (tertiary alicyclic amines) is 1. The minimum absolute atomic E-state index is 0. The van der Waals surface area contributed by atoms with Crippen molar-refractivity contribution in [3.8, 4) is 0 Å². The van der Waals surface area contributed by atoms with Crippen molar-refractivity contribution >= 4 is 24.0 Å². The number of carbonyl (C=O) groups excluding carboxylic acids is 1. The van der Waals surface area contributed by atoms with E-state index in [-0.39, 0.29) is 41.3 Å². The molecule has 4 rings (SSSR count). The number of aromatic nitrogens is 2. The smallest absolute Gasteiger partial charge is 0.270 e. The van der Waals surface area contributed by atoms with Gasteiger partial charge in [0.25, 0.3) is 11.5 Å². The number of carbonyl (C=O) groups is 1. The average Bonchev–Trinajstić information content (AvgIpc) is 3.13. The lowest BCUT2D eigenvalue weighted by Gasteiger charge is -2.16. The molecule has 3 aromatic rings. The molecule has 2 N–H and O–H groups in total. The van der Waals surface area contributed by atoms with Crippen LogP contribution in [-0.2, 0) is 0 Å². The number of amides is 1. The SMILES string of the molecule is Cc1ccc2ncc(C(=O)N3C[C@@H](CN)[C@H](c4ccccc4)C3)c(=O)n2c1.Cl. The van der Waals surface area contributed by atoms with Crippen molar-refractivity contribution < 1.29 is 4.79 Å². The lowest BCUT2D eigenvalue weighted by atomic mass is 9.89. The highest BCUT2D eigenvalue weighted by Gasteiger charge is 2.36. The Hall–Kier alpha value is -2.70. The number of halogens is 1. The van der Waals surface area contributed by atoms with Crippen LogP contribution < -0.4 is 11.3 Å². The zero-order chi connectivity index (χ0) is 19.0. The Morgan fingerprint density at radius 2 is 1.93 bits per heavy atom. The molecule has 0 saturated carbocycles. The number of nitrogens with zero attached hydrogens (tertiary/aromatic N) is 3. The minimum Gasteiger partial charge on any atom is -0.337 e. The first-order valence-corrected chi connectivity index (χ1v) is 9.11. The summed E-state index contributed by atoms with van der Waals surface area (Å²) in [6, 6.07) is 13.8. The van der Waals surface area contributed by atoms with E-state index in [1.807, 2.05) is 31.2 Å². The van der Waals surface area contributed by atoms with E-state index in [0.717, 1.165) is 5.56 Å². The molecule has 7 heteroatoms. The van der Waals surface area contributed by atoms with Crippen LogP contribution in [0.4, 0.5) is 0 Å². The van der Waals surface area contributed by atoms with Crippen LogP contribution in [0.3, 0.4) is 0 Å². The Labute approximate surface area is 169 Å². The number of aryl methyl sites for hydroxylation is 1. The molecule has 1 fully saturated rings. The molecular formula is C21H23ClN4O2. The molecule has 1 aliphatic heterocycles. The molecule has 3 heterocycles. The monoisotopic (exact) mass is 398 g/mol. The van der Waals surface area contributed by atoms with E-state index in [1.165, 1.54) is 16.2 Å². The van der Waals surface area contributed by atoms with Crippen LogP contribution in [0.25, 0.3) is 5.65 Å². The van der Waals surface area contributed by atoms with Crippen molar-refractivity contribution in [1.82, 2.24) is 14.3 Å². The molecule has 0 radical (unpaired) electrons. The van der Waals surface area contributed by atoms with Gasteiger partial charge < -0.3 is 10.6 Å². The topological polar surface area (TPSA) is 80.7 Å². The fraction of sp³-hybridized carbons (Fsp3) is 0.286. The van der Waals surface area contributed by atoms with Gasteiger partial charge in [0.05, 0.1) is 0 Å². The molecule has 0 aliphatic carbocycles. The predicted molar refractivity (Wildman–Crippen MR) is 111 cm³/mol.